The quantitative estimate of drug-likeness (QED) is 0.545. The van der Waals surface area contributed by atoms with Gasteiger partial charge in [-0.1, -0.05) is 30.3 Å². The molecule has 1 N–H and O–H groups in total. The number of hydrogen-bond donors (Lipinski definition) is 1. The SMILES string of the molecule is CSc1ccc(-c2c(C#N)c(=O)[nH]c3c2c(C)nn3-c2ccccc2)cc1. The third-order valence-corrected chi connectivity index (χ3v) is 5.25. The molecule has 6 heteroatoms. The van der Waals surface area contributed by atoms with Crippen molar-refractivity contribution < 1.29 is 0 Å². The van der Waals surface area contributed by atoms with E-state index in [0.29, 0.717) is 11.2 Å². The van der Waals surface area contributed by atoms with Crippen LogP contribution in [0.1, 0.15) is 11.3 Å². The van der Waals surface area contributed by atoms with Crippen molar-refractivity contribution in [2.24, 2.45) is 0 Å². The molecular weight excluding hydrogens is 356 g/mol. The molecule has 2 aromatic carbocycles. The number of nitriles is 1. The number of rotatable bonds is 3. The van der Waals surface area contributed by atoms with E-state index in [1.54, 1.807) is 16.4 Å². The molecule has 0 saturated heterocycles. The summed E-state index contributed by atoms with van der Waals surface area (Å²) in [5.41, 5.74) is 3.35. The van der Waals surface area contributed by atoms with Crippen molar-refractivity contribution in [2.45, 2.75) is 11.8 Å². The first kappa shape index (κ1) is 17.1. The van der Waals surface area contributed by atoms with Gasteiger partial charge in [0.25, 0.3) is 5.56 Å². The Labute approximate surface area is 160 Å². The van der Waals surface area contributed by atoms with Crippen molar-refractivity contribution in [2.75, 3.05) is 6.26 Å². The van der Waals surface area contributed by atoms with Gasteiger partial charge in [0, 0.05) is 15.8 Å². The summed E-state index contributed by atoms with van der Waals surface area (Å²) in [6.45, 7) is 1.89. The molecule has 2 heterocycles. The Kier molecular flexibility index (Phi) is 4.30. The molecule has 2 aromatic heterocycles. The molecule has 0 bridgehead atoms. The molecule has 4 rings (SSSR count). The summed E-state index contributed by atoms with van der Waals surface area (Å²) in [5.74, 6) is 0. The van der Waals surface area contributed by atoms with Crippen LogP contribution >= 0.6 is 11.8 Å². The summed E-state index contributed by atoms with van der Waals surface area (Å²) < 4.78 is 1.72. The highest BCUT2D eigenvalue weighted by atomic mass is 32.2. The first-order chi connectivity index (χ1) is 13.1. The Balaban J connectivity index is 2.09. The van der Waals surface area contributed by atoms with Gasteiger partial charge in [-0.25, -0.2) is 4.68 Å². The number of aromatic amines is 1. The maximum atomic E-state index is 12.7. The number of pyridine rings is 1. The van der Waals surface area contributed by atoms with Crippen LogP contribution in [0.25, 0.3) is 27.8 Å². The largest absolute Gasteiger partial charge is 0.305 e. The predicted molar refractivity (Wildman–Crippen MR) is 108 cm³/mol. The Morgan fingerprint density at radius 3 is 2.44 bits per heavy atom. The van der Waals surface area contributed by atoms with Gasteiger partial charge in [-0.05, 0) is 43.0 Å². The van der Waals surface area contributed by atoms with Crippen LogP contribution in [0.5, 0.6) is 0 Å². The molecule has 0 unspecified atom stereocenters. The van der Waals surface area contributed by atoms with Gasteiger partial charge in [0.2, 0.25) is 0 Å². The zero-order valence-corrected chi connectivity index (χ0v) is 15.7. The number of nitrogens with zero attached hydrogens (tertiary/aromatic N) is 3. The molecule has 0 atom stereocenters. The molecule has 0 amide bonds. The van der Waals surface area contributed by atoms with Crippen LogP contribution in [0.4, 0.5) is 0 Å². The molecule has 27 heavy (non-hydrogen) atoms. The second-order valence-electron chi connectivity index (χ2n) is 6.10. The highest BCUT2D eigenvalue weighted by Gasteiger charge is 2.20. The number of thioether (sulfide) groups is 1. The van der Waals surface area contributed by atoms with Crippen LogP contribution in [0.2, 0.25) is 0 Å². The third-order valence-electron chi connectivity index (χ3n) is 4.51. The van der Waals surface area contributed by atoms with Gasteiger partial charge in [0.1, 0.15) is 17.3 Å². The maximum absolute atomic E-state index is 12.7. The molecular formula is C21H16N4OS. The molecule has 0 radical (unpaired) electrons. The lowest BCUT2D eigenvalue weighted by atomic mass is 9.98. The standard InChI is InChI=1S/C21H16N4OS/c1-13-18-19(14-8-10-16(27-2)11-9-14)17(12-22)21(26)23-20(18)25(24-13)15-6-4-3-5-7-15/h3-11H,1-2H3,(H,23,26). The van der Waals surface area contributed by atoms with Gasteiger partial charge in [-0.3, -0.25) is 4.79 Å². The Hall–Kier alpha value is -3.30. The van der Waals surface area contributed by atoms with Crippen LogP contribution in [0, 0.1) is 18.3 Å². The van der Waals surface area contributed by atoms with E-state index in [9.17, 15) is 10.1 Å². The van der Waals surface area contributed by atoms with E-state index in [0.717, 1.165) is 27.2 Å². The number of benzene rings is 2. The van der Waals surface area contributed by atoms with E-state index in [2.05, 4.69) is 16.2 Å². The third kappa shape index (κ3) is 2.82. The fourth-order valence-electron chi connectivity index (χ4n) is 3.26. The lowest BCUT2D eigenvalue weighted by molar-refractivity contribution is 0.875. The van der Waals surface area contributed by atoms with Gasteiger partial charge < -0.3 is 4.98 Å². The first-order valence-corrected chi connectivity index (χ1v) is 9.62. The van der Waals surface area contributed by atoms with Crippen LogP contribution < -0.4 is 5.56 Å². The number of H-pyrrole nitrogens is 1. The van der Waals surface area contributed by atoms with Crippen molar-refractivity contribution in [3.05, 3.63) is 76.2 Å². The highest BCUT2D eigenvalue weighted by molar-refractivity contribution is 7.98. The predicted octanol–water partition coefficient (Wildman–Crippen LogP) is 4.28. The highest BCUT2D eigenvalue weighted by Crippen LogP contribution is 2.33. The lowest BCUT2D eigenvalue weighted by Crippen LogP contribution is -2.13. The number of para-hydroxylation sites is 1. The van der Waals surface area contributed by atoms with E-state index in [-0.39, 0.29) is 5.56 Å². The molecule has 5 nitrogen and oxygen atoms in total. The van der Waals surface area contributed by atoms with Crippen molar-refractivity contribution in [1.29, 1.82) is 5.26 Å². The lowest BCUT2D eigenvalue weighted by Gasteiger charge is -2.08. The molecule has 0 aliphatic heterocycles. The van der Waals surface area contributed by atoms with Crippen molar-refractivity contribution in [3.63, 3.8) is 0 Å². The first-order valence-electron chi connectivity index (χ1n) is 8.39. The fraction of sp³-hybridized carbons (Fsp3) is 0.0952. The van der Waals surface area contributed by atoms with Crippen LogP contribution in [0.3, 0.4) is 0 Å². The minimum absolute atomic E-state index is 0.107. The number of nitrogens with one attached hydrogen (secondary N) is 1. The van der Waals surface area contributed by atoms with Crippen molar-refractivity contribution >= 4 is 22.8 Å². The summed E-state index contributed by atoms with van der Waals surface area (Å²) in [6, 6.07) is 19.6. The van der Waals surface area contributed by atoms with Crippen LogP contribution in [0.15, 0.2) is 64.3 Å². The Bertz CT molecular complexity index is 1230. The molecule has 0 aliphatic carbocycles. The van der Waals surface area contributed by atoms with Gasteiger partial charge in [0.15, 0.2) is 0 Å². The zero-order valence-electron chi connectivity index (χ0n) is 14.9. The average molecular weight is 372 g/mol. The normalized spacial score (nSPS) is 10.9. The zero-order chi connectivity index (χ0) is 19.0. The topological polar surface area (TPSA) is 74.5 Å². The summed E-state index contributed by atoms with van der Waals surface area (Å²) in [7, 11) is 0. The minimum atomic E-state index is -0.411. The number of aromatic nitrogens is 3. The molecule has 132 valence electrons. The summed E-state index contributed by atoms with van der Waals surface area (Å²) in [6.07, 6.45) is 2.01. The number of hydrogen-bond acceptors (Lipinski definition) is 4. The van der Waals surface area contributed by atoms with Gasteiger partial charge in [-0.2, -0.15) is 10.4 Å². The van der Waals surface area contributed by atoms with Gasteiger partial charge in [0.05, 0.1) is 11.4 Å². The molecule has 0 aliphatic rings. The van der Waals surface area contributed by atoms with Gasteiger partial charge in [-0.15, -0.1) is 11.8 Å². The second-order valence-corrected chi connectivity index (χ2v) is 6.98. The van der Waals surface area contributed by atoms with E-state index in [4.69, 9.17) is 0 Å². The van der Waals surface area contributed by atoms with Crippen LogP contribution in [-0.2, 0) is 0 Å². The summed E-state index contributed by atoms with van der Waals surface area (Å²) in [5, 5.41) is 15.0. The number of fused-ring (bicyclic) bond motifs is 1. The minimum Gasteiger partial charge on any atom is -0.305 e. The van der Waals surface area contributed by atoms with E-state index in [1.807, 2.05) is 67.8 Å². The molecule has 0 saturated carbocycles. The van der Waals surface area contributed by atoms with Crippen molar-refractivity contribution in [1.82, 2.24) is 14.8 Å². The summed E-state index contributed by atoms with van der Waals surface area (Å²) >= 11 is 1.64. The van der Waals surface area contributed by atoms with E-state index >= 15 is 0 Å². The van der Waals surface area contributed by atoms with E-state index in [1.165, 1.54) is 0 Å². The fourth-order valence-corrected chi connectivity index (χ4v) is 3.67. The monoisotopic (exact) mass is 372 g/mol. The summed E-state index contributed by atoms with van der Waals surface area (Å²) in [4.78, 5) is 16.6. The second kappa shape index (κ2) is 6.78. The van der Waals surface area contributed by atoms with Crippen LogP contribution in [-0.4, -0.2) is 21.0 Å². The molecule has 4 aromatic rings. The molecule has 0 fully saturated rings. The smallest absolute Gasteiger partial charge is 0.268 e. The maximum Gasteiger partial charge on any atom is 0.268 e. The number of aryl methyl sites for hydroxylation is 1. The van der Waals surface area contributed by atoms with Gasteiger partial charge >= 0.3 is 0 Å². The van der Waals surface area contributed by atoms with E-state index < -0.39 is 5.56 Å². The Morgan fingerprint density at radius 2 is 1.81 bits per heavy atom. The van der Waals surface area contributed by atoms with Crippen molar-refractivity contribution in [3.8, 4) is 22.9 Å². The average Bonchev–Trinajstić information content (AvgIpc) is 3.03. The Morgan fingerprint density at radius 1 is 1.11 bits per heavy atom. The molecule has 0 spiro atoms.